The number of aliphatic carboxylic acids is 1. The van der Waals surface area contributed by atoms with Crippen LogP contribution < -0.4 is 0 Å². The molecule has 1 saturated heterocycles. The van der Waals surface area contributed by atoms with Gasteiger partial charge in [0, 0.05) is 25.7 Å². The molecule has 1 atom stereocenters. The lowest BCUT2D eigenvalue weighted by Gasteiger charge is -2.33. The van der Waals surface area contributed by atoms with Crippen molar-refractivity contribution in [1.82, 2.24) is 9.80 Å². The van der Waals surface area contributed by atoms with Crippen LogP contribution in [0.25, 0.3) is 0 Å². The summed E-state index contributed by atoms with van der Waals surface area (Å²) in [6.07, 6.45) is 1.12. The van der Waals surface area contributed by atoms with E-state index in [9.17, 15) is 14.7 Å². The molecule has 1 fully saturated rings. The monoisotopic (exact) mass is 284 g/mol. The third-order valence-electron chi connectivity index (χ3n) is 4.19. The summed E-state index contributed by atoms with van der Waals surface area (Å²) >= 11 is 0. The van der Waals surface area contributed by atoms with Gasteiger partial charge in [-0.2, -0.15) is 0 Å². The number of hydrogen-bond acceptors (Lipinski definition) is 2. The van der Waals surface area contributed by atoms with Crippen LogP contribution in [-0.2, 0) is 4.79 Å². The predicted octanol–water partition coefficient (Wildman–Crippen LogP) is 2.66. The zero-order valence-corrected chi connectivity index (χ0v) is 13.3. The Hall–Kier alpha value is -1.26. The van der Waals surface area contributed by atoms with Gasteiger partial charge in [-0.15, -0.1) is 0 Å². The van der Waals surface area contributed by atoms with Gasteiger partial charge in [0.1, 0.15) is 0 Å². The normalized spacial score (nSPS) is 22.6. The second-order valence-corrected chi connectivity index (χ2v) is 6.53. The summed E-state index contributed by atoms with van der Waals surface area (Å²) in [4.78, 5) is 27.6. The Labute approximate surface area is 121 Å². The van der Waals surface area contributed by atoms with E-state index in [2.05, 4.69) is 13.8 Å². The van der Waals surface area contributed by atoms with Gasteiger partial charge in [-0.3, -0.25) is 4.79 Å². The largest absolute Gasteiger partial charge is 0.481 e. The van der Waals surface area contributed by atoms with Crippen molar-refractivity contribution in [3.05, 3.63) is 0 Å². The second-order valence-electron chi connectivity index (χ2n) is 6.53. The van der Waals surface area contributed by atoms with E-state index in [1.54, 1.807) is 4.90 Å². The summed E-state index contributed by atoms with van der Waals surface area (Å²) in [5.41, 5.74) is -0.754. The highest BCUT2D eigenvalue weighted by molar-refractivity contribution is 5.80. The first-order valence-electron chi connectivity index (χ1n) is 7.52. The fourth-order valence-corrected chi connectivity index (χ4v) is 2.73. The van der Waals surface area contributed by atoms with Gasteiger partial charge >= 0.3 is 12.0 Å². The van der Waals surface area contributed by atoms with E-state index >= 15 is 0 Å². The maximum atomic E-state index is 12.6. The summed E-state index contributed by atoms with van der Waals surface area (Å²) < 4.78 is 0. The summed E-state index contributed by atoms with van der Waals surface area (Å²) in [6.45, 7) is 11.6. The van der Waals surface area contributed by atoms with Crippen molar-refractivity contribution in [2.24, 2.45) is 11.3 Å². The number of carbonyl (C=O) groups excluding carboxylic acids is 1. The number of hydrogen-bond donors (Lipinski definition) is 1. The Balaban J connectivity index is 2.80. The van der Waals surface area contributed by atoms with Crippen LogP contribution in [0.4, 0.5) is 4.79 Å². The van der Waals surface area contributed by atoms with Gasteiger partial charge in [0.25, 0.3) is 0 Å². The lowest BCUT2D eigenvalue weighted by atomic mass is 9.84. The molecule has 1 aliphatic heterocycles. The molecule has 2 amide bonds. The smallest absolute Gasteiger partial charge is 0.320 e. The van der Waals surface area contributed by atoms with Crippen LogP contribution in [0.3, 0.4) is 0 Å². The van der Waals surface area contributed by atoms with Crippen LogP contribution in [0.2, 0.25) is 0 Å². The maximum Gasteiger partial charge on any atom is 0.320 e. The summed E-state index contributed by atoms with van der Waals surface area (Å²) in [5.74, 6) is -0.380. The highest BCUT2D eigenvalue weighted by Crippen LogP contribution is 2.34. The van der Waals surface area contributed by atoms with Crippen molar-refractivity contribution in [2.45, 2.75) is 53.5 Å². The molecular formula is C15H28N2O3. The number of carboxylic acids is 1. The molecule has 20 heavy (non-hydrogen) atoms. The van der Waals surface area contributed by atoms with Crippen LogP contribution >= 0.6 is 0 Å². The Morgan fingerprint density at radius 2 is 1.90 bits per heavy atom. The average Bonchev–Trinajstić information content (AvgIpc) is 2.80. The number of rotatable bonds is 5. The number of urea groups is 1. The van der Waals surface area contributed by atoms with Crippen molar-refractivity contribution < 1.29 is 14.7 Å². The summed E-state index contributed by atoms with van der Waals surface area (Å²) in [7, 11) is 0. The number of likely N-dealkylation sites (tertiary alicyclic amines) is 1. The molecule has 1 aliphatic rings. The number of nitrogens with zero attached hydrogens (tertiary/aromatic N) is 2. The molecule has 0 spiro atoms. The molecule has 1 unspecified atom stereocenters. The minimum Gasteiger partial charge on any atom is -0.481 e. The average molecular weight is 284 g/mol. The van der Waals surface area contributed by atoms with E-state index in [1.807, 2.05) is 25.7 Å². The van der Waals surface area contributed by atoms with E-state index < -0.39 is 11.4 Å². The second kappa shape index (κ2) is 6.46. The van der Waals surface area contributed by atoms with Gasteiger partial charge in [-0.25, -0.2) is 4.79 Å². The van der Waals surface area contributed by atoms with Crippen LogP contribution in [0.1, 0.15) is 47.5 Å². The first kappa shape index (κ1) is 16.8. The van der Waals surface area contributed by atoms with Crippen LogP contribution in [0.15, 0.2) is 0 Å². The predicted molar refractivity (Wildman–Crippen MR) is 78.6 cm³/mol. The van der Waals surface area contributed by atoms with Crippen LogP contribution in [0, 0.1) is 11.3 Å². The zero-order valence-electron chi connectivity index (χ0n) is 13.3. The zero-order chi connectivity index (χ0) is 15.5. The standard InChI is InChI=1S/C15H28N2O3/c1-6-15(13(18)19)7-8-16(10-15)14(20)17(12(4)5)9-11(2)3/h11-12H,6-10H2,1-5H3,(H,18,19). The van der Waals surface area contributed by atoms with Gasteiger partial charge in [0.15, 0.2) is 0 Å². The third kappa shape index (κ3) is 3.44. The minimum absolute atomic E-state index is 0.0229. The Morgan fingerprint density at radius 3 is 2.25 bits per heavy atom. The molecule has 0 aromatic carbocycles. The molecule has 0 bridgehead atoms. The van der Waals surface area contributed by atoms with Gasteiger partial charge in [-0.05, 0) is 32.6 Å². The van der Waals surface area contributed by atoms with Gasteiger partial charge in [0.2, 0.25) is 0 Å². The highest BCUT2D eigenvalue weighted by Gasteiger charge is 2.45. The van der Waals surface area contributed by atoms with Crippen LogP contribution in [-0.4, -0.2) is 52.6 Å². The van der Waals surface area contributed by atoms with Crippen molar-refractivity contribution >= 4 is 12.0 Å². The molecule has 5 nitrogen and oxygen atoms in total. The van der Waals surface area contributed by atoms with E-state index in [1.165, 1.54) is 0 Å². The third-order valence-corrected chi connectivity index (χ3v) is 4.19. The lowest BCUT2D eigenvalue weighted by Crippen LogP contribution is -2.48. The Morgan fingerprint density at radius 1 is 1.30 bits per heavy atom. The molecule has 1 heterocycles. The fourth-order valence-electron chi connectivity index (χ4n) is 2.73. The van der Waals surface area contributed by atoms with Gasteiger partial charge in [0.05, 0.1) is 5.41 Å². The van der Waals surface area contributed by atoms with Crippen molar-refractivity contribution in [2.75, 3.05) is 19.6 Å². The number of amides is 2. The Kier molecular flexibility index (Phi) is 5.42. The summed E-state index contributed by atoms with van der Waals surface area (Å²) in [5, 5.41) is 9.40. The Bertz CT molecular complexity index is 368. The fraction of sp³-hybridized carbons (Fsp3) is 0.867. The molecule has 0 aromatic heterocycles. The van der Waals surface area contributed by atoms with Crippen molar-refractivity contribution in [1.29, 1.82) is 0 Å². The highest BCUT2D eigenvalue weighted by atomic mass is 16.4. The van der Waals surface area contributed by atoms with Gasteiger partial charge < -0.3 is 14.9 Å². The summed E-state index contributed by atoms with van der Waals surface area (Å²) in [6, 6.07) is 0.108. The lowest BCUT2D eigenvalue weighted by molar-refractivity contribution is -0.148. The number of carboxylic acid groups (broad SMARTS) is 1. The van der Waals surface area contributed by atoms with Crippen LogP contribution in [0.5, 0.6) is 0 Å². The van der Waals surface area contributed by atoms with E-state index in [0.717, 1.165) is 0 Å². The molecular weight excluding hydrogens is 256 g/mol. The first-order valence-corrected chi connectivity index (χ1v) is 7.52. The molecule has 0 saturated carbocycles. The van der Waals surface area contributed by atoms with E-state index in [-0.39, 0.29) is 12.1 Å². The molecule has 1 rings (SSSR count). The van der Waals surface area contributed by atoms with Gasteiger partial charge in [-0.1, -0.05) is 20.8 Å². The maximum absolute atomic E-state index is 12.6. The molecule has 0 aliphatic carbocycles. The van der Waals surface area contributed by atoms with E-state index in [0.29, 0.717) is 38.4 Å². The molecule has 1 N–H and O–H groups in total. The van der Waals surface area contributed by atoms with Crippen molar-refractivity contribution in [3.63, 3.8) is 0 Å². The SMILES string of the molecule is CCC1(C(=O)O)CCN(C(=O)N(CC(C)C)C(C)C)C1. The molecule has 0 aromatic rings. The topological polar surface area (TPSA) is 60.9 Å². The molecule has 116 valence electrons. The van der Waals surface area contributed by atoms with Crippen molar-refractivity contribution in [3.8, 4) is 0 Å². The quantitative estimate of drug-likeness (QED) is 0.844. The molecule has 5 heteroatoms. The number of carbonyl (C=O) groups is 2. The molecule has 0 radical (unpaired) electrons. The first-order chi connectivity index (χ1) is 9.23. The minimum atomic E-state index is -0.782. The van der Waals surface area contributed by atoms with E-state index in [4.69, 9.17) is 0 Å².